The number of azo groups is 3. The second kappa shape index (κ2) is 57.8. The standard InChI is InChI=1S/C29H30N8S.C27H24N8S.C18H16N8S.C13H16N2S.C6H12O2.C5H12N2S.C3H5ClO2/c1-5-20(4)22-15-13-21(14-16-22)19-37-25(18-31)24(17-30)32-28(37)35-34-27-26(23-11-9-8-10-12-23)33-29(38-27)36(6-2)7-3;1-4-19-12-14-20(15-13-19)18-35-23(17-29)22(16-28)30-26(35)33-32-25-24(21-10-8-7-9-11-21)31-27(36-25)34(5-2)6-3;1-3-26(4-2)18-23-15(12-8-6-5-7-9-12)16(27-18)24-25-17-21-13(10-19)14(11-20)22-17;1-3-15(4-2)13-14-12(10-16-13)11-8-6-5-7-9-11;1-4-6(2,3)5(7)8;1-3-7(4-2)5(6)8;1-2-6-3(4)5/h8-16,20H,5-7,19H2,1-4H3;4,7-15H,1,5-6,18H2,2-3H3;5-9H,3-4H2,1-2H3,(H,21,22);5-10H,3-4H2,1-2H3;4H2,1-3H3,(H,7,8);3-4H2,1-2H3,(H2,6,8);2H2,1H3. The Morgan fingerprint density at radius 1 is 0.504 bits per heavy atom. The monoisotopic (exact) mass is 1980 g/mol. The Hall–Kier alpha value is -14.9. The van der Waals surface area contributed by atoms with E-state index in [-0.39, 0.29) is 52.0 Å². The van der Waals surface area contributed by atoms with Gasteiger partial charge in [0.1, 0.15) is 53.5 Å². The number of aliphatic carboxylic acids is 1. The number of carbonyl (C=O) groups excluding carboxylic acids is 1. The molecule has 7 aromatic heterocycles. The number of benzene rings is 6. The zero-order chi connectivity index (χ0) is 102. The van der Waals surface area contributed by atoms with Crippen molar-refractivity contribution >= 4 is 145 Å². The maximum atomic E-state index is 10.3. The van der Waals surface area contributed by atoms with Crippen molar-refractivity contribution in [3.8, 4) is 81.4 Å². The molecule has 139 heavy (non-hydrogen) atoms. The van der Waals surface area contributed by atoms with Crippen LogP contribution in [0.25, 0.3) is 51.1 Å². The average Bonchev–Trinajstić information content (AvgIpc) is 1.66. The summed E-state index contributed by atoms with van der Waals surface area (Å²) >= 11 is 15.5. The molecule has 0 aliphatic heterocycles. The van der Waals surface area contributed by atoms with Crippen LogP contribution in [0.5, 0.6) is 0 Å². The van der Waals surface area contributed by atoms with E-state index >= 15 is 0 Å². The number of nitriles is 6. The minimum Gasteiger partial charge on any atom is -0.481 e. The van der Waals surface area contributed by atoms with Crippen molar-refractivity contribution in [3.05, 3.63) is 238 Å². The molecule has 0 aliphatic carbocycles. The molecule has 4 N–H and O–H groups in total. The van der Waals surface area contributed by atoms with Gasteiger partial charge < -0.3 is 45.1 Å². The topological polar surface area (TPSA) is 439 Å². The summed E-state index contributed by atoms with van der Waals surface area (Å²) in [6.45, 7) is 45.8. The largest absolute Gasteiger partial charge is 0.481 e. The Balaban J connectivity index is 0.000000240. The Morgan fingerprint density at radius 3 is 1.17 bits per heavy atom. The second-order valence-corrected chi connectivity index (χ2v) is 34.7. The van der Waals surface area contributed by atoms with Crippen LogP contribution in [0.1, 0.15) is 186 Å². The number of H-pyrrole nitrogens is 1. The highest BCUT2D eigenvalue weighted by Gasteiger charge is 2.26. The van der Waals surface area contributed by atoms with Gasteiger partial charge in [0.05, 0.1) is 30.8 Å². The minimum atomic E-state index is -0.738. The molecule has 13 rings (SSSR count). The van der Waals surface area contributed by atoms with E-state index in [1.165, 1.54) is 45.1 Å². The van der Waals surface area contributed by atoms with Crippen LogP contribution >= 0.6 is 69.2 Å². The molecule has 6 aromatic carbocycles. The van der Waals surface area contributed by atoms with Gasteiger partial charge in [0.2, 0.25) is 5.95 Å². The van der Waals surface area contributed by atoms with E-state index in [9.17, 15) is 30.6 Å². The van der Waals surface area contributed by atoms with E-state index < -0.39 is 16.8 Å². The number of anilines is 4. The number of thiazole rings is 4. The summed E-state index contributed by atoms with van der Waals surface area (Å²) < 4.78 is 7.43. The number of hydrogen-bond acceptors (Lipinski definition) is 31. The number of aromatic nitrogens is 10. The number of thiocarbonyl (C=S) groups is 1. The molecular weight excluding hydrogens is 1870 g/mol. The number of nitrogens with zero attached hydrogens (tertiary/aromatic N) is 26. The summed E-state index contributed by atoms with van der Waals surface area (Å²) in [6, 6.07) is 67.8. The fraction of sp³-hybridized carbons (Fsp3) is 0.327. The van der Waals surface area contributed by atoms with Crippen molar-refractivity contribution in [2.75, 3.05) is 91.7 Å². The van der Waals surface area contributed by atoms with Gasteiger partial charge in [-0.3, -0.25) is 13.9 Å². The van der Waals surface area contributed by atoms with Crippen molar-refractivity contribution in [2.24, 2.45) is 41.8 Å². The molecule has 0 radical (unpaired) electrons. The molecular formula is C101H115ClN28O4S5. The average molecular weight is 1980 g/mol. The van der Waals surface area contributed by atoms with Crippen LogP contribution in [-0.4, -0.2) is 148 Å². The Bertz CT molecular complexity index is 6410. The number of hydrogen-bond donors (Lipinski definition) is 3. The van der Waals surface area contributed by atoms with E-state index in [0.717, 1.165) is 149 Å². The van der Waals surface area contributed by atoms with Crippen molar-refractivity contribution < 1.29 is 19.4 Å². The number of carbonyl (C=O) groups is 2. The lowest BCUT2D eigenvalue weighted by Crippen LogP contribution is -2.34. The van der Waals surface area contributed by atoms with E-state index in [4.69, 9.17) is 60.1 Å². The van der Waals surface area contributed by atoms with Crippen LogP contribution in [0.3, 0.4) is 0 Å². The summed E-state index contributed by atoms with van der Waals surface area (Å²) in [5.74, 6) is 0.259. The Labute approximate surface area is 839 Å². The fourth-order valence-corrected chi connectivity index (χ4v) is 17.1. The third-order valence-electron chi connectivity index (χ3n) is 21.4. The van der Waals surface area contributed by atoms with Crippen molar-refractivity contribution in [2.45, 2.75) is 143 Å². The number of carboxylic acid groups (broad SMARTS) is 1. The van der Waals surface area contributed by atoms with Gasteiger partial charge in [-0.2, -0.15) is 46.5 Å². The van der Waals surface area contributed by atoms with Gasteiger partial charge >= 0.3 is 11.4 Å². The molecule has 1 unspecified atom stereocenters. The number of halogens is 1. The molecule has 32 nitrogen and oxygen atoms in total. The van der Waals surface area contributed by atoms with Gasteiger partial charge in [0.15, 0.2) is 74.8 Å². The van der Waals surface area contributed by atoms with E-state index in [0.29, 0.717) is 52.2 Å². The number of ether oxygens (including phenoxy) is 1. The van der Waals surface area contributed by atoms with E-state index in [2.05, 4.69) is 198 Å². The normalized spacial score (nSPS) is 10.8. The highest BCUT2D eigenvalue weighted by atomic mass is 35.5. The summed E-state index contributed by atoms with van der Waals surface area (Å²) in [4.78, 5) is 64.9. The molecule has 13 aromatic rings. The molecule has 0 amide bonds. The SMILES string of the molecule is C=Cc1ccc(Cn2c(N=Nc3sc(N(CC)CC)nc3-c3ccccc3)nc(C#N)c2C#N)cc1.CCC(C)(C)C(=O)O.CCC(C)c1ccc(Cn2c(N=Nc3sc(N(CC)CC)nc3-c3ccccc3)nc(C#N)c2C#N)cc1.CCN(CC)C(N)=S.CCN(CC)c1nc(-c2ccccc2)c(N=Nc2nc(C#N)c(C#N)[nH]2)s1.CCN(CC)c1nc(-c2ccccc2)cs1.CCOC(=O)Cl. The number of nitrogens with one attached hydrogen (secondary N) is 1. The predicted octanol–water partition coefficient (Wildman–Crippen LogP) is 25.9. The van der Waals surface area contributed by atoms with Crippen LogP contribution in [0.2, 0.25) is 0 Å². The van der Waals surface area contributed by atoms with Crippen LogP contribution in [0.4, 0.5) is 58.2 Å². The number of carboxylic acids is 1. The van der Waals surface area contributed by atoms with Crippen molar-refractivity contribution in [1.29, 1.82) is 31.6 Å². The molecule has 1 atom stereocenters. The predicted molar refractivity (Wildman–Crippen MR) is 562 cm³/mol. The summed E-state index contributed by atoms with van der Waals surface area (Å²) in [6.07, 6.45) is 3.51. The van der Waals surface area contributed by atoms with Crippen LogP contribution in [0.15, 0.2) is 213 Å². The summed E-state index contributed by atoms with van der Waals surface area (Å²) in [7, 11) is 0. The Kier molecular flexibility index (Phi) is 46.2. The molecule has 0 aliphatic rings. The first kappa shape index (κ1) is 111. The van der Waals surface area contributed by atoms with E-state index in [1.807, 2.05) is 196 Å². The molecule has 0 fully saturated rings. The summed E-state index contributed by atoms with van der Waals surface area (Å²) in [5.41, 5.74) is 15.9. The maximum absolute atomic E-state index is 10.3. The van der Waals surface area contributed by atoms with Crippen molar-refractivity contribution in [1.82, 2.24) is 53.9 Å². The number of imidazole rings is 3. The smallest absolute Gasteiger partial charge is 0.403 e. The fourth-order valence-electron chi connectivity index (χ4n) is 12.7. The molecule has 0 bridgehead atoms. The lowest BCUT2D eigenvalue weighted by Gasteiger charge is -2.17. The molecule has 7 heterocycles. The molecule has 720 valence electrons. The Morgan fingerprint density at radius 2 is 0.878 bits per heavy atom. The quantitative estimate of drug-likeness (QED) is 0.0191. The highest BCUT2D eigenvalue weighted by Crippen LogP contribution is 2.44. The first-order valence-electron chi connectivity index (χ1n) is 45.2. The molecule has 0 saturated heterocycles. The molecule has 0 saturated carbocycles. The van der Waals surface area contributed by atoms with Gasteiger partial charge in [0, 0.05) is 105 Å². The van der Waals surface area contributed by atoms with E-state index in [1.54, 1.807) is 47.3 Å². The zero-order valence-corrected chi connectivity index (χ0v) is 85.8. The van der Waals surface area contributed by atoms with Gasteiger partial charge in [-0.25, -0.2) is 24.7 Å². The lowest BCUT2D eigenvalue weighted by atomic mass is 9.91. The summed E-state index contributed by atoms with van der Waals surface area (Å²) in [5, 5.41) is 99.7. The molecule has 38 heteroatoms. The third kappa shape index (κ3) is 32.1. The van der Waals surface area contributed by atoms with Gasteiger partial charge in [-0.05, 0) is 143 Å². The zero-order valence-electron chi connectivity index (χ0n) is 81.0. The maximum Gasteiger partial charge on any atom is 0.403 e. The number of aromatic amines is 1. The third-order valence-corrected chi connectivity index (χ3v) is 25.7. The van der Waals surface area contributed by atoms with Crippen molar-refractivity contribution in [3.63, 3.8) is 0 Å². The number of nitrogens with two attached hydrogens (primary N) is 1. The molecule has 0 spiro atoms. The first-order valence-corrected chi connectivity index (χ1v) is 49.4. The second-order valence-electron chi connectivity index (χ2n) is 30.3. The van der Waals surface area contributed by atoms with Crippen LogP contribution < -0.4 is 25.3 Å². The lowest BCUT2D eigenvalue weighted by molar-refractivity contribution is -0.147. The first-order chi connectivity index (χ1) is 67.2. The van der Waals surface area contributed by atoms with Gasteiger partial charge in [-0.1, -0.05) is 237 Å². The van der Waals surface area contributed by atoms with Crippen LogP contribution in [-0.2, 0) is 22.6 Å². The van der Waals surface area contributed by atoms with Gasteiger partial charge in [-0.15, -0.1) is 42.0 Å². The van der Waals surface area contributed by atoms with Gasteiger partial charge in [0.25, 0.3) is 11.9 Å². The number of rotatable bonds is 34. The van der Waals surface area contributed by atoms with Crippen LogP contribution in [0, 0.1) is 73.4 Å². The minimum absolute atomic E-state index is 0.00266. The highest BCUT2D eigenvalue weighted by molar-refractivity contribution is 7.80.